The lowest BCUT2D eigenvalue weighted by atomic mass is 10.1. The number of hydrogen-bond donors (Lipinski definition) is 1. The van der Waals surface area contributed by atoms with Crippen molar-refractivity contribution >= 4 is 17.3 Å². The molecule has 1 aliphatic rings. The third kappa shape index (κ3) is 3.36. The maximum absolute atomic E-state index is 13.2. The summed E-state index contributed by atoms with van der Waals surface area (Å²) in [5.74, 6) is -0.252. The number of hydrogen-bond acceptors (Lipinski definition) is 6. The van der Waals surface area contributed by atoms with Crippen LogP contribution in [0.1, 0.15) is 24.8 Å². The molecule has 0 bridgehead atoms. The molecule has 0 unspecified atom stereocenters. The van der Waals surface area contributed by atoms with Crippen LogP contribution in [0.5, 0.6) is 0 Å². The van der Waals surface area contributed by atoms with Crippen molar-refractivity contribution in [2.24, 2.45) is 10.8 Å². The van der Waals surface area contributed by atoms with Gasteiger partial charge in [0.05, 0.1) is 5.69 Å². The third-order valence-corrected chi connectivity index (χ3v) is 4.62. The molecule has 0 spiro atoms. The number of amides is 1. The molecule has 0 fully saturated rings. The summed E-state index contributed by atoms with van der Waals surface area (Å²) in [7, 11) is 0. The van der Waals surface area contributed by atoms with Crippen LogP contribution in [0.4, 0.5) is 10.1 Å². The molecular formula is C20H18FN5O2. The van der Waals surface area contributed by atoms with Gasteiger partial charge in [0.25, 0.3) is 5.89 Å². The number of anilines is 1. The molecule has 1 aliphatic heterocycles. The largest absolute Gasteiger partial charge is 0.368 e. The van der Waals surface area contributed by atoms with Gasteiger partial charge in [-0.1, -0.05) is 36.3 Å². The molecule has 7 nitrogen and oxygen atoms in total. The van der Waals surface area contributed by atoms with Crippen LogP contribution in [0.3, 0.4) is 0 Å². The number of aryl methyl sites for hydroxylation is 1. The summed E-state index contributed by atoms with van der Waals surface area (Å²) in [4.78, 5) is 16.3. The van der Waals surface area contributed by atoms with Crippen LogP contribution in [-0.4, -0.2) is 27.8 Å². The van der Waals surface area contributed by atoms with Crippen LogP contribution in [0.2, 0.25) is 0 Å². The number of benzene rings is 2. The number of carbonyl (C=O) groups excluding carboxylic acids is 1. The van der Waals surface area contributed by atoms with Crippen LogP contribution >= 0.6 is 0 Å². The van der Waals surface area contributed by atoms with E-state index < -0.39 is 11.9 Å². The Kier molecular flexibility index (Phi) is 4.60. The minimum atomic E-state index is -0.709. The number of nitrogens with zero attached hydrogens (tertiary/aromatic N) is 4. The molecule has 0 saturated heterocycles. The Morgan fingerprint density at radius 2 is 1.93 bits per heavy atom. The van der Waals surface area contributed by atoms with Crippen molar-refractivity contribution in [2.75, 3.05) is 5.01 Å². The van der Waals surface area contributed by atoms with Crippen LogP contribution in [0, 0.1) is 5.82 Å². The van der Waals surface area contributed by atoms with Crippen molar-refractivity contribution in [1.29, 1.82) is 0 Å². The number of hydrazone groups is 1. The van der Waals surface area contributed by atoms with Gasteiger partial charge in [-0.2, -0.15) is 10.1 Å². The highest BCUT2D eigenvalue weighted by Gasteiger charge is 2.35. The van der Waals surface area contributed by atoms with E-state index in [-0.39, 0.29) is 18.1 Å². The SMILES string of the molecule is CCc1ccc(-c2noc(C3=NN(c4ccc(F)cc4)[C@@H](C(N)=O)C3)n2)cc1. The molecule has 8 heteroatoms. The number of halogens is 1. The van der Waals surface area contributed by atoms with Crippen molar-refractivity contribution in [2.45, 2.75) is 25.8 Å². The van der Waals surface area contributed by atoms with Gasteiger partial charge < -0.3 is 10.3 Å². The topological polar surface area (TPSA) is 97.6 Å². The van der Waals surface area contributed by atoms with Crippen molar-refractivity contribution < 1.29 is 13.7 Å². The maximum Gasteiger partial charge on any atom is 0.274 e. The monoisotopic (exact) mass is 379 g/mol. The molecule has 2 heterocycles. The molecule has 4 rings (SSSR count). The van der Waals surface area contributed by atoms with Crippen LogP contribution < -0.4 is 10.7 Å². The number of primary amides is 1. The average Bonchev–Trinajstić information content (AvgIpc) is 3.36. The van der Waals surface area contributed by atoms with Gasteiger partial charge >= 0.3 is 0 Å². The van der Waals surface area contributed by atoms with Gasteiger partial charge in [-0.15, -0.1) is 0 Å². The molecule has 1 aromatic heterocycles. The number of carbonyl (C=O) groups is 1. The quantitative estimate of drug-likeness (QED) is 0.735. The highest BCUT2D eigenvalue weighted by Crippen LogP contribution is 2.27. The van der Waals surface area contributed by atoms with Crippen molar-refractivity contribution in [3.05, 3.63) is 65.8 Å². The van der Waals surface area contributed by atoms with E-state index in [4.69, 9.17) is 10.3 Å². The Hall–Kier alpha value is -3.55. The van der Waals surface area contributed by atoms with E-state index in [1.165, 1.54) is 34.8 Å². The molecule has 0 saturated carbocycles. The Bertz CT molecular complexity index is 1030. The summed E-state index contributed by atoms with van der Waals surface area (Å²) in [5, 5.41) is 9.90. The lowest BCUT2D eigenvalue weighted by molar-refractivity contribution is -0.119. The lowest BCUT2D eigenvalue weighted by Gasteiger charge is -2.20. The van der Waals surface area contributed by atoms with Crippen LogP contribution in [0.15, 0.2) is 58.2 Å². The number of aromatic nitrogens is 2. The minimum Gasteiger partial charge on any atom is -0.368 e. The van der Waals surface area contributed by atoms with Crippen molar-refractivity contribution in [3.8, 4) is 11.4 Å². The number of rotatable bonds is 5. The maximum atomic E-state index is 13.2. The molecule has 28 heavy (non-hydrogen) atoms. The third-order valence-electron chi connectivity index (χ3n) is 4.62. The predicted molar refractivity (Wildman–Crippen MR) is 102 cm³/mol. The predicted octanol–water partition coefficient (Wildman–Crippen LogP) is 2.91. The summed E-state index contributed by atoms with van der Waals surface area (Å²) in [6, 6.07) is 12.8. The highest BCUT2D eigenvalue weighted by molar-refractivity contribution is 6.04. The molecule has 0 radical (unpaired) electrons. The van der Waals surface area contributed by atoms with E-state index in [2.05, 4.69) is 22.2 Å². The van der Waals surface area contributed by atoms with Gasteiger partial charge in [-0.3, -0.25) is 9.80 Å². The van der Waals surface area contributed by atoms with Crippen LogP contribution in [-0.2, 0) is 11.2 Å². The Balaban J connectivity index is 1.63. The van der Waals surface area contributed by atoms with E-state index >= 15 is 0 Å². The van der Waals surface area contributed by atoms with Gasteiger partial charge in [-0.25, -0.2) is 4.39 Å². The van der Waals surface area contributed by atoms with Gasteiger partial charge in [0.1, 0.15) is 17.6 Å². The molecule has 2 aromatic carbocycles. The van der Waals surface area contributed by atoms with Crippen molar-refractivity contribution in [1.82, 2.24) is 10.1 Å². The fraction of sp³-hybridized carbons (Fsp3) is 0.200. The average molecular weight is 379 g/mol. The molecule has 1 amide bonds. The van der Waals surface area contributed by atoms with Gasteiger partial charge in [0, 0.05) is 12.0 Å². The van der Waals surface area contributed by atoms with E-state index in [0.29, 0.717) is 17.2 Å². The fourth-order valence-corrected chi connectivity index (χ4v) is 3.04. The molecular weight excluding hydrogens is 361 g/mol. The molecule has 3 aromatic rings. The lowest BCUT2D eigenvalue weighted by Crippen LogP contribution is -2.39. The van der Waals surface area contributed by atoms with E-state index in [9.17, 15) is 9.18 Å². The molecule has 142 valence electrons. The normalized spacial score (nSPS) is 16.3. The molecule has 2 N–H and O–H groups in total. The Morgan fingerprint density at radius 1 is 1.21 bits per heavy atom. The summed E-state index contributed by atoms with van der Waals surface area (Å²) in [6.45, 7) is 2.09. The summed E-state index contributed by atoms with van der Waals surface area (Å²) < 4.78 is 18.6. The van der Waals surface area contributed by atoms with Gasteiger partial charge in [-0.05, 0) is 36.2 Å². The smallest absolute Gasteiger partial charge is 0.274 e. The standard InChI is InChI=1S/C20H18FN5O2/c1-2-12-3-5-13(6-4-12)19-23-20(28-25-19)16-11-17(18(22)27)26(24-16)15-9-7-14(21)8-10-15/h3-10,17H,2,11H2,1H3,(H2,22,27)/t17-/m1/s1. The second-order valence-electron chi connectivity index (χ2n) is 6.46. The summed E-state index contributed by atoms with van der Waals surface area (Å²) in [6.07, 6.45) is 1.17. The van der Waals surface area contributed by atoms with E-state index in [1.807, 2.05) is 24.3 Å². The first kappa shape index (κ1) is 17.8. The van der Waals surface area contributed by atoms with Gasteiger partial charge in [0.15, 0.2) is 0 Å². The minimum absolute atomic E-state index is 0.225. The summed E-state index contributed by atoms with van der Waals surface area (Å²) in [5.41, 5.74) is 8.57. The zero-order chi connectivity index (χ0) is 19.7. The molecule has 1 atom stereocenters. The fourth-order valence-electron chi connectivity index (χ4n) is 3.04. The zero-order valence-electron chi connectivity index (χ0n) is 15.2. The van der Waals surface area contributed by atoms with Crippen molar-refractivity contribution in [3.63, 3.8) is 0 Å². The first-order valence-corrected chi connectivity index (χ1v) is 8.90. The molecule has 0 aliphatic carbocycles. The summed E-state index contributed by atoms with van der Waals surface area (Å²) >= 11 is 0. The first-order valence-electron chi connectivity index (χ1n) is 8.90. The second-order valence-corrected chi connectivity index (χ2v) is 6.46. The Labute approximate surface area is 160 Å². The zero-order valence-corrected chi connectivity index (χ0v) is 15.2. The first-order chi connectivity index (χ1) is 13.5. The number of nitrogens with two attached hydrogens (primary N) is 1. The van der Waals surface area contributed by atoms with E-state index in [1.54, 1.807) is 0 Å². The van der Waals surface area contributed by atoms with Gasteiger partial charge in [0.2, 0.25) is 11.7 Å². The Morgan fingerprint density at radius 3 is 2.57 bits per heavy atom. The van der Waals surface area contributed by atoms with E-state index in [0.717, 1.165) is 12.0 Å². The highest BCUT2D eigenvalue weighted by atomic mass is 19.1. The second kappa shape index (κ2) is 7.22. The van der Waals surface area contributed by atoms with Crippen LogP contribution in [0.25, 0.3) is 11.4 Å².